The second kappa shape index (κ2) is 5.07. The van der Waals surface area contributed by atoms with Gasteiger partial charge >= 0.3 is 0 Å². The lowest BCUT2D eigenvalue weighted by Gasteiger charge is -2.21. The molecule has 1 fully saturated rings. The molecular weight excluding hydrogens is 265 g/mol. The number of aromatic nitrogens is 1. The summed E-state index contributed by atoms with van der Waals surface area (Å²) < 4.78 is 0. The molecule has 3 heteroatoms. The Hall–Kier alpha value is -0.790. The minimum absolute atomic E-state index is 0.569. The molecule has 1 aliphatic rings. The van der Waals surface area contributed by atoms with Gasteiger partial charge in [0.25, 0.3) is 0 Å². The van der Waals surface area contributed by atoms with Crippen LogP contribution in [-0.4, -0.2) is 4.98 Å². The van der Waals surface area contributed by atoms with Crippen LogP contribution in [0.3, 0.4) is 0 Å². The molecule has 0 saturated heterocycles. The van der Waals surface area contributed by atoms with Gasteiger partial charge in [-0.05, 0) is 37.1 Å². The first-order valence-corrected chi connectivity index (χ1v) is 7.25. The molecule has 0 atom stereocenters. The summed E-state index contributed by atoms with van der Waals surface area (Å²) in [5.74, 6) is 0.569. The fourth-order valence-electron chi connectivity index (χ4n) is 2.79. The van der Waals surface area contributed by atoms with E-state index in [1.54, 1.807) is 0 Å². The highest BCUT2D eigenvalue weighted by Crippen LogP contribution is 2.35. The predicted molar refractivity (Wildman–Crippen MR) is 77.6 cm³/mol. The van der Waals surface area contributed by atoms with Crippen LogP contribution in [0.25, 0.3) is 10.9 Å². The fourth-order valence-corrected chi connectivity index (χ4v) is 3.22. The molecule has 0 amide bonds. The number of halogens is 2. The van der Waals surface area contributed by atoms with Crippen LogP contribution in [0, 0.1) is 0 Å². The maximum Gasteiger partial charge on any atom is 0.0735 e. The average Bonchev–Trinajstić information content (AvgIpc) is 2.39. The third kappa shape index (κ3) is 2.34. The summed E-state index contributed by atoms with van der Waals surface area (Å²) in [5, 5.41) is 2.49. The molecule has 3 rings (SSSR count). The van der Waals surface area contributed by atoms with E-state index in [4.69, 9.17) is 28.2 Å². The fraction of sp³-hybridized carbons (Fsp3) is 0.400. The van der Waals surface area contributed by atoms with Gasteiger partial charge in [-0.3, -0.25) is 4.98 Å². The van der Waals surface area contributed by atoms with Gasteiger partial charge in [-0.2, -0.15) is 0 Å². The number of fused-ring (bicyclic) bond motifs is 1. The van der Waals surface area contributed by atoms with Crippen molar-refractivity contribution < 1.29 is 0 Å². The summed E-state index contributed by atoms with van der Waals surface area (Å²) in [6.07, 6.45) is 6.42. The van der Waals surface area contributed by atoms with E-state index in [0.717, 1.165) is 21.6 Å². The van der Waals surface area contributed by atoms with Crippen LogP contribution >= 0.6 is 23.2 Å². The van der Waals surface area contributed by atoms with Gasteiger partial charge < -0.3 is 0 Å². The average molecular weight is 280 g/mol. The molecule has 1 aromatic carbocycles. The Morgan fingerprint density at radius 3 is 2.56 bits per heavy atom. The topological polar surface area (TPSA) is 12.9 Å². The van der Waals surface area contributed by atoms with Gasteiger partial charge in [0.15, 0.2) is 0 Å². The van der Waals surface area contributed by atoms with Crippen LogP contribution in [0.1, 0.15) is 43.7 Å². The van der Waals surface area contributed by atoms with Gasteiger partial charge in [0.1, 0.15) is 0 Å². The Morgan fingerprint density at radius 1 is 1.00 bits per heavy atom. The van der Waals surface area contributed by atoms with Crippen molar-refractivity contribution in [1.82, 2.24) is 4.98 Å². The molecule has 0 spiro atoms. The highest BCUT2D eigenvalue weighted by Gasteiger charge is 2.18. The Labute approximate surface area is 117 Å². The van der Waals surface area contributed by atoms with Crippen LogP contribution in [0.15, 0.2) is 24.3 Å². The lowest BCUT2D eigenvalue weighted by molar-refractivity contribution is 0.437. The molecular formula is C15H15Cl2N. The molecule has 0 unspecified atom stereocenters. The van der Waals surface area contributed by atoms with Gasteiger partial charge in [0, 0.05) is 22.0 Å². The monoisotopic (exact) mass is 279 g/mol. The molecule has 2 aromatic rings. The number of pyridine rings is 1. The second-order valence-electron chi connectivity index (χ2n) is 5.03. The highest BCUT2D eigenvalue weighted by atomic mass is 35.5. The van der Waals surface area contributed by atoms with Crippen molar-refractivity contribution in [2.75, 3.05) is 0 Å². The van der Waals surface area contributed by atoms with E-state index in [1.165, 1.54) is 32.1 Å². The molecule has 1 aliphatic carbocycles. The zero-order chi connectivity index (χ0) is 12.5. The van der Waals surface area contributed by atoms with E-state index in [0.29, 0.717) is 10.9 Å². The number of nitrogens with zero attached hydrogens (tertiary/aromatic N) is 1. The van der Waals surface area contributed by atoms with E-state index in [-0.39, 0.29) is 0 Å². The minimum Gasteiger partial charge on any atom is -0.252 e. The van der Waals surface area contributed by atoms with Crippen LogP contribution in [0.4, 0.5) is 0 Å². The number of hydrogen-bond donors (Lipinski definition) is 0. The molecule has 1 saturated carbocycles. The van der Waals surface area contributed by atoms with Gasteiger partial charge in [-0.15, -0.1) is 0 Å². The van der Waals surface area contributed by atoms with E-state index >= 15 is 0 Å². The summed E-state index contributed by atoms with van der Waals surface area (Å²) in [6.45, 7) is 0. The standard InChI is InChI=1S/C15H15Cl2N/c16-11-6-7-12-13(17)9-14(18-15(12)8-11)10-4-2-1-3-5-10/h6-10H,1-5H2. The smallest absolute Gasteiger partial charge is 0.0735 e. The molecule has 94 valence electrons. The van der Waals surface area contributed by atoms with Crippen molar-refractivity contribution in [2.24, 2.45) is 0 Å². The summed E-state index contributed by atoms with van der Waals surface area (Å²) in [4.78, 5) is 4.75. The molecule has 1 heterocycles. The third-order valence-corrected chi connectivity index (χ3v) is 4.31. The maximum absolute atomic E-state index is 6.35. The number of hydrogen-bond acceptors (Lipinski definition) is 1. The van der Waals surface area contributed by atoms with E-state index in [2.05, 4.69) is 0 Å². The number of rotatable bonds is 1. The van der Waals surface area contributed by atoms with E-state index in [1.807, 2.05) is 24.3 Å². The SMILES string of the molecule is Clc1ccc2c(Cl)cc(C3CCCCC3)nc2c1. The summed E-state index contributed by atoms with van der Waals surface area (Å²) >= 11 is 12.4. The van der Waals surface area contributed by atoms with Crippen molar-refractivity contribution >= 4 is 34.1 Å². The minimum atomic E-state index is 0.569. The quantitative estimate of drug-likeness (QED) is 0.663. The Balaban J connectivity index is 2.07. The molecule has 0 bridgehead atoms. The van der Waals surface area contributed by atoms with Gasteiger partial charge in [0.05, 0.1) is 10.5 Å². The molecule has 0 N–H and O–H groups in total. The predicted octanol–water partition coefficient (Wildman–Crippen LogP) is 5.59. The summed E-state index contributed by atoms with van der Waals surface area (Å²) in [5.41, 5.74) is 2.05. The molecule has 18 heavy (non-hydrogen) atoms. The van der Waals surface area contributed by atoms with Gasteiger partial charge in [0.2, 0.25) is 0 Å². The van der Waals surface area contributed by atoms with Crippen molar-refractivity contribution in [3.63, 3.8) is 0 Å². The molecule has 0 radical (unpaired) electrons. The lowest BCUT2D eigenvalue weighted by Crippen LogP contribution is -2.06. The largest absolute Gasteiger partial charge is 0.252 e. The molecule has 1 nitrogen and oxygen atoms in total. The molecule has 0 aliphatic heterocycles. The Kier molecular flexibility index (Phi) is 3.45. The molecule has 1 aromatic heterocycles. The van der Waals surface area contributed by atoms with Crippen molar-refractivity contribution in [3.8, 4) is 0 Å². The van der Waals surface area contributed by atoms with Gasteiger partial charge in [-0.1, -0.05) is 42.5 Å². The normalized spacial score (nSPS) is 17.2. The van der Waals surface area contributed by atoms with Crippen LogP contribution in [0.2, 0.25) is 10.0 Å². The second-order valence-corrected chi connectivity index (χ2v) is 5.87. The Morgan fingerprint density at radius 2 is 1.78 bits per heavy atom. The maximum atomic E-state index is 6.35. The summed E-state index contributed by atoms with van der Waals surface area (Å²) in [7, 11) is 0. The zero-order valence-electron chi connectivity index (χ0n) is 10.1. The van der Waals surface area contributed by atoms with E-state index < -0.39 is 0 Å². The first-order valence-electron chi connectivity index (χ1n) is 6.50. The third-order valence-electron chi connectivity index (χ3n) is 3.76. The van der Waals surface area contributed by atoms with Gasteiger partial charge in [-0.25, -0.2) is 0 Å². The first-order chi connectivity index (χ1) is 8.74. The number of benzene rings is 1. The Bertz CT molecular complexity index is 574. The van der Waals surface area contributed by atoms with Crippen molar-refractivity contribution in [2.45, 2.75) is 38.0 Å². The van der Waals surface area contributed by atoms with Crippen LogP contribution in [-0.2, 0) is 0 Å². The lowest BCUT2D eigenvalue weighted by atomic mass is 9.86. The van der Waals surface area contributed by atoms with Crippen molar-refractivity contribution in [1.29, 1.82) is 0 Å². The van der Waals surface area contributed by atoms with Crippen LogP contribution < -0.4 is 0 Å². The first kappa shape index (κ1) is 12.3. The van der Waals surface area contributed by atoms with Crippen LogP contribution in [0.5, 0.6) is 0 Å². The zero-order valence-corrected chi connectivity index (χ0v) is 11.6. The highest BCUT2D eigenvalue weighted by molar-refractivity contribution is 6.36. The van der Waals surface area contributed by atoms with E-state index in [9.17, 15) is 0 Å². The summed E-state index contributed by atoms with van der Waals surface area (Å²) in [6, 6.07) is 7.73. The van der Waals surface area contributed by atoms with Crippen molar-refractivity contribution in [3.05, 3.63) is 40.0 Å².